The lowest BCUT2D eigenvalue weighted by molar-refractivity contribution is -0.133. The SMILES string of the molecule is CC(C)CC(C)n1c(SCC(=O)O)nnc1-c1cccs1. The summed E-state index contributed by atoms with van der Waals surface area (Å²) in [4.78, 5) is 11.8. The fourth-order valence-electron chi connectivity index (χ4n) is 2.26. The van der Waals surface area contributed by atoms with E-state index in [1.807, 2.05) is 17.5 Å². The molecule has 2 aromatic heterocycles. The van der Waals surface area contributed by atoms with Crippen LogP contribution in [0.2, 0.25) is 0 Å². The van der Waals surface area contributed by atoms with Gasteiger partial charge in [0, 0.05) is 6.04 Å². The van der Waals surface area contributed by atoms with Crippen LogP contribution in [0, 0.1) is 5.92 Å². The maximum absolute atomic E-state index is 10.8. The fraction of sp³-hybridized carbons (Fsp3) is 0.500. The van der Waals surface area contributed by atoms with Crippen molar-refractivity contribution in [1.82, 2.24) is 14.8 Å². The van der Waals surface area contributed by atoms with Crippen LogP contribution in [0.3, 0.4) is 0 Å². The van der Waals surface area contributed by atoms with Crippen molar-refractivity contribution in [3.8, 4) is 10.7 Å². The van der Waals surface area contributed by atoms with Crippen molar-refractivity contribution in [2.24, 2.45) is 5.92 Å². The Labute approximate surface area is 132 Å². The van der Waals surface area contributed by atoms with Gasteiger partial charge in [0.2, 0.25) is 0 Å². The summed E-state index contributed by atoms with van der Waals surface area (Å²) in [5.74, 6) is 0.530. The van der Waals surface area contributed by atoms with E-state index in [0.717, 1.165) is 17.1 Å². The van der Waals surface area contributed by atoms with E-state index in [1.54, 1.807) is 11.3 Å². The molecule has 0 bridgehead atoms. The zero-order valence-corrected chi connectivity index (χ0v) is 13.9. The lowest BCUT2D eigenvalue weighted by atomic mass is 10.1. The molecular formula is C14H19N3O2S2. The molecule has 2 aromatic rings. The maximum Gasteiger partial charge on any atom is 0.313 e. The number of thioether (sulfide) groups is 1. The number of hydrogen-bond acceptors (Lipinski definition) is 5. The van der Waals surface area contributed by atoms with Crippen LogP contribution in [0.4, 0.5) is 0 Å². The Morgan fingerprint density at radius 3 is 2.76 bits per heavy atom. The van der Waals surface area contributed by atoms with Gasteiger partial charge in [0.25, 0.3) is 0 Å². The molecule has 0 aromatic carbocycles. The standard InChI is InChI=1S/C14H19N3O2S2/c1-9(2)7-10(3)17-13(11-5-4-6-20-11)15-16-14(17)21-8-12(18)19/h4-6,9-10H,7-8H2,1-3H3,(H,18,19). The number of nitrogens with zero attached hydrogens (tertiary/aromatic N) is 3. The van der Waals surface area contributed by atoms with Crippen LogP contribution in [0.1, 0.15) is 33.2 Å². The molecule has 2 heterocycles. The molecule has 0 aliphatic heterocycles. The molecule has 0 spiro atoms. The summed E-state index contributed by atoms with van der Waals surface area (Å²) in [6, 6.07) is 4.23. The normalized spacial score (nSPS) is 12.8. The summed E-state index contributed by atoms with van der Waals surface area (Å²) < 4.78 is 2.07. The molecule has 0 saturated carbocycles. The van der Waals surface area contributed by atoms with E-state index in [1.165, 1.54) is 11.8 Å². The second-order valence-electron chi connectivity index (χ2n) is 5.31. The van der Waals surface area contributed by atoms with Gasteiger partial charge >= 0.3 is 5.97 Å². The number of rotatable bonds is 7. The molecule has 0 aliphatic rings. The predicted octanol–water partition coefficient (Wildman–Crippen LogP) is 3.79. The lowest BCUT2D eigenvalue weighted by Gasteiger charge is -2.19. The van der Waals surface area contributed by atoms with Gasteiger partial charge in [0.1, 0.15) is 0 Å². The highest BCUT2D eigenvalue weighted by Gasteiger charge is 2.21. The number of aliphatic carboxylic acids is 1. The molecule has 21 heavy (non-hydrogen) atoms. The minimum absolute atomic E-state index is 0.00300. The topological polar surface area (TPSA) is 68.0 Å². The number of carboxylic acid groups (broad SMARTS) is 1. The van der Waals surface area contributed by atoms with E-state index in [0.29, 0.717) is 11.1 Å². The first kappa shape index (κ1) is 16.0. The monoisotopic (exact) mass is 325 g/mol. The van der Waals surface area contributed by atoms with Gasteiger partial charge in [-0.2, -0.15) is 0 Å². The molecule has 114 valence electrons. The Morgan fingerprint density at radius 2 is 2.19 bits per heavy atom. The molecule has 1 N–H and O–H groups in total. The molecule has 2 rings (SSSR count). The van der Waals surface area contributed by atoms with Crippen molar-refractivity contribution >= 4 is 29.1 Å². The summed E-state index contributed by atoms with van der Waals surface area (Å²) in [5, 5.41) is 20.0. The van der Waals surface area contributed by atoms with Gasteiger partial charge in [-0.3, -0.25) is 9.36 Å². The second kappa shape index (κ2) is 7.09. The Kier molecular flexibility index (Phi) is 5.41. The number of carboxylic acids is 1. The van der Waals surface area contributed by atoms with E-state index >= 15 is 0 Å². The summed E-state index contributed by atoms with van der Waals surface area (Å²) in [5.41, 5.74) is 0. The van der Waals surface area contributed by atoms with Gasteiger partial charge in [0.15, 0.2) is 11.0 Å². The molecule has 0 fully saturated rings. The van der Waals surface area contributed by atoms with Crippen molar-refractivity contribution < 1.29 is 9.90 Å². The summed E-state index contributed by atoms with van der Waals surface area (Å²) in [7, 11) is 0. The molecule has 0 radical (unpaired) electrons. The van der Waals surface area contributed by atoms with Crippen LogP contribution in [0.5, 0.6) is 0 Å². The number of aromatic nitrogens is 3. The third kappa shape index (κ3) is 4.07. The summed E-state index contributed by atoms with van der Waals surface area (Å²) in [6.07, 6.45) is 0.997. The summed E-state index contributed by atoms with van der Waals surface area (Å²) in [6.45, 7) is 6.48. The van der Waals surface area contributed by atoms with Gasteiger partial charge in [-0.05, 0) is 30.7 Å². The van der Waals surface area contributed by atoms with E-state index in [2.05, 4.69) is 35.5 Å². The van der Waals surface area contributed by atoms with Crippen molar-refractivity contribution in [2.45, 2.75) is 38.4 Å². The average Bonchev–Trinajstić information content (AvgIpc) is 3.04. The molecule has 0 saturated heterocycles. The Hall–Kier alpha value is -1.34. The molecule has 1 unspecified atom stereocenters. The molecule has 7 heteroatoms. The van der Waals surface area contributed by atoms with Crippen LogP contribution in [-0.2, 0) is 4.79 Å². The van der Waals surface area contributed by atoms with E-state index in [9.17, 15) is 4.79 Å². The largest absolute Gasteiger partial charge is 0.481 e. The lowest BCUT2D eigenvalue weighted by Crippen LogP contribution is -2.11. The molecule has 1 atom stereocenters. The fourth-order valence-corrected chi connectivity index (χ4v) is 3.72. The van der Waals surface area contributed by atoms with Gasteiger partial charge in [-0.1, -0.05) is 31.7 Å². The van der Waals surface area contributed by atoms with Crippen LogP contribution >= 0.6 is 23.1 Å². The van der Waals surface area contributed by atoms with Crippen LogP contribution < -0.4 is 0 Å². The Bertz CT molecular complexity index is 593. The zero-order chi connectivity index (χ0) is 15.4. The second-order valence-corrected chi connectivity index (χ2v) is 7.20. The van der Waals surface area contributed by atoms with Gasteiger partial charge in [-0.15, -0.1) is 21.5 Å². The van der Waals surface area contributed by atoms with Gasteiger partial charge in [-0.25, -0.2) is 0 Å². The van der Waals surface area contributed by atoms with Crippen LogP contribution in [0.25, 0.3) is 10.7 Å². The Morgan fingerprint density at radius 1 is 1.43 bits per heavy atom. The zero-order valence-electron chi connectivity index (χ0n) is 12.3. The van der Waals surface area contributed by atoms with Crippen molar-refractivity contribution in [3.63, 3.8) is 0 Å². The Balaban J connectivity index is 2.35. The van der Waals surface area contributed by atoms with Gasteiger partial charge < -0.3 is 5.11 Å². The number of carbonyl (C=O) groups is 1. The van der Waals surface area contributed by atoms with E-state index in [-0.39, 0.29) is 11.8 Å². The quantitative estimate of drug-likeness (QED) is 0.784. The highest BCUT2D eigenvalue weighted by molar-refractivity contribution is 7.99. The van der Waals surface area contributed by atoms with E-state index in [4.69, 9.17) is 5.11 Å². The maximum atomic E-state index is 10.8. The third-order valence-corrected chi connectivity index (χ3v) is 4.78. The highest BCUT2D eigenvalue weighted by Crippen LogP contribution is 2.32. The van der Waals surface area contributed by atoms with Crippen molar-refractivity contribution in [2.75, 3.05) is 5.75 Å². The third-order valence-electron chi connectivity index (χ3n) is 2.98. The summed E-state index contributed by atoms with van der Waals surface area (Å²) >= 11 is 2.84. The average molecular weight is 325 g/mol. The number of thiophene rings is 1. The van der Waals surface area contributed by atoms with E-state index < -0.39 is 5.97 Å². The first-order chi connectivity index (χ1) is 9.99. The van der Waals surface area contributed by atoms with Crippen molar-refractivity contribution in [3.05, 3.63) is 17.5 Å². The molecular weight excluding hydrogens is 306 g/mol. The minimum atomic E-state index is -0.844. The van der Waals surface area contributed by atoms with Crippen LogP contribution in [-0.4, -0.2) is 31.6 Å². The van der Waals surface area contributed by atoms with Gasteiger partial charge in [0.05, 0.1) is 10.6 Å². The first-order valence-corrected chi connectivity index (χ1v) is 8.69. The highest BCUT2D eigenvalue weighted by atomic mass is 32.2. The smallest absolute Gasteiger partial charge is 0.313 e. The number of hydrogen-bond donors (Lipinski definition) is 1. The first-order valence-electron chi connectivity index (χ1n) is 6.82. The van der Waals surface area contributed by atoms with Crippen molar-refractivity contribution in [1.29, 1.82) is 0 Å². The van der Waals surface area contributed by atoms with Crippen LogP contribution in [0.15, 0.2) is 22.7 Å². The molecule has 0 aliphatic carbocycles. The molecule has 5 nitrogen and oxygen atoms in total. The predicted molar refractivity (Wildman–Crippen MR) is 85.9 cm³/mol. The molecule has 0 amide bonds. The minimum Gasteiger partial charge on any atom is -0.481 e.